The van der Waals surface area contributed by atoms with Gasteiger partial charge < -0.3 is 5.32 Å². The van der Waals surface area contributed by atoms with Crippen LogP contribution in [0.1, 0.15) is 29.5 Å². The van der Waals surface area contributed by atoms with Crippen LogP contribution in [0.25, 0.3) is 10.9 Å². The molecular weight excluding hydrogens is 462 g/mol. The van der Waals surface area contributed by atoms with Crippen molar-refractivity contribution in [2.24, 2.45) is 0 Å². The number of benzene rings is 3. The van der Waals surface area contributed by atoms with Gasteiger partial charge in [0.15, 0.2) is 0 Å². The lowest BCUT2D eigenvalue weighted by Crippen LogP contribution is -2.40. The summed E-state index contributed by atoms with van der Waals surface area (Å²) >= 11 is 6.33. The van der Waals surface area contributed by atoms with Gasteiger partial charge >= 0.3 is 5.69 Å². The van der Waals surface area contributed by atoms with E-state index in [-0.39, 0.29) is 31.0 Å². The summed E-state index contributed by atoms with van der Waals surface area (Å²) in [6.45, 7) is 3.00. The summed E-state index contributed by atoms with van der Waals surface area (Å²) in [6, 6.07) is 22.6. The van der Waals surface area contributed by atoms with Crippen LogP contribution in [-0.2, 0) is 24.3 Å². The molecule has 3 aromatic carbocycles. The molecule has 0 aliphatic rings. The fourth-order valence-electron chi connectivity index (χ4n) is 4.10. The van der Waals surface area contributed by atoms with E-state index in [4.69, 9.17) is 11.6 Å². The van der Waals surface area contributed by atoms with Crippen molar-refractivity contribution < 1.29 is 4.79 Å². The third-order valence-electron chi connectivity index (χ3n) is 6.06. The zero-order chi connectivity index (χ0) is 24.8. The van der Waals surface area contributed by atoms with Crippen molar-refractivity contribution in [3.05, 3.63) is 115 Å². The minimum Gasteiger partial charge on any atom is -0.356 e. The van der Waals surface area contributed by atoms with E-state index >= 15 is 0 Å². The summed E-state index contributed by atoms with van der Waals surface area (Å²) in [5.41, 5.74) is 2.96. The Labute approximate surface area is 208 Å². The first kappa shape index (κ1) is 24.5. The second-order valence-electron chi connectivity index (χ2n) is 8.62. The van der Waals surface area contributed by atoms with Crippen molar-refractivity contribution in [1.29, 1.82) is 0 Å². The smallest absolute Gasteiger partial charge is 0.331 e. The maximum Gasteiger partial charge on any atom is 0.331 e. The molecule has 0 atom stereocenters. The van der Waals surface area contributed by atoms with Crippen LogP contribution >= 0.6 is 11.6 Å². The number of hydrogen-bond acceptors (Lipinski definition) is 3. The molecule has 0 bridgehead atoms. The number of halogens is 1. The Morgan fingerprint density at radius 3 is 2.40 bits per heavy atom. The normalized spacial score (nSPS) is 11.0. The summed E-state index contributed by atoms with van der Waals surface area (Å²) in [7, 11) is 0. The Morgan fingerprint density at radius 1 is 0.914 bits per heavy atom. The van der Waals surface area contributed by atoms with Gasteiger partial charge in [-0.15, -0.1) is 0 Å². The number of nitrogens with zero attached hydrogens (tertiary/aromatic N) is 2. The maximum atomic E-state index is 13.3. The van der Waals surface area contributed by atoms with Gasteiger partial charge in [-0.1, -0.05) is 71.8 Å². The van der Waals surface area contributed by atoms with Crippen LogP contribution in [0.3, 0.4) is 0 Å². The average molecular weight is 490 g/mol. The van der Waals surface area contributed by atoms with Crippen LogP contribution in [0.15, 0.2) is 82.4 Å². The number of carbonyl (C=O) groups is 1. The maximum absolute atomic E-state index is 13.3. The number of amides is 1. The van der Waals surface area contributed by atoms with Crippen LogP contribution < -0.4 is 16.6 Å². The van der Waals surface area contributed by atoms with Crippen molar-refractivity contribution in [1.82, 2.24) is 14.5 Å². The highest BCUT2D eigenvalue weighted by Crippen LogP contribution is 2.17. The van der Waals surface area contributed by atoms with Crippen molar-refractivity contribution in [3.63, 3.8) is 0 Å². The van der Waals surface area contributed by atoms with E-state index in [0.29, 0.717) is 28.9 Å². The monoisotopic (exact) mass is 489 g/mol. The number of rotatable bonds is 9. The van der Waals surface area contributed by atoms with E-state index in [9.17, 15) is 14.4 Å². The fourth-order valence-corrected chi connectivity index (χ4v) is 4.30. The topological polar surface area (TPSA) is 73.1 Å². The van der Waals surface area contributed by atoms with E-state index in [2.05, 4.69) is 29.6 Å². The number of fused-ring (bicyclic) bond motifs is 1. The zero-order valence-corrected chi connectivity index (χ0v) is 20.4. The fraction of sp³-hybridized carbons (Fsp3) is 0.250. The summed E-state index contributed by atoms with van der Waals surface area (Å²) in [5.74, 6) is -0.0951. The van der Waals surface area contributed by atoms with Gasteiger partial charge in [-0.25, -0.2) is 4.79 Å². The highest BCUT2D eigenvalue weighted by atomic mass is 35.5. The molecule has 0 saturated carbocycles. The molecule has 0 spiro atoms. The Kier molecular flexibility index (Phi) is 7.83. The third-order valence-corrected chi connectivity index (χ3v) is 6.43. The molecule has 0 aliphatic heterocycles. The molecule has 4 rings (SSSR count). The lowest BCUT2D eigenvalue weighted by molar-refractivity contribution is -0.121. The standard InChI is InChI=1S/C28H28ClN3O3/c1-20-12-14-21(15-13-20)16-17-30-26(33)11-6-18-31-27(34)23-8-3-5-10-25(23)32(28(31)35)19-22-7-2-4-9-24(22)29/h2-5,7-10,12-15H,6,11,16-19H2,1H3,(H,30,33). The van der Waals surface area contributed by atoms with E-state index in [1.54, 1.807) is 34.9 Å². The van der Waals surface area contributed by atoms with Crippen LogP contribution in [0.4, 0.5) is 0 Å². The number of nitrogens with one attached hydrogen (secondary N) is 1. The van der Waals surface area contributed by atoms with Gasteiger partial charge in [0.1, 0.15) is 0 Å². The molecule has 7 heteroatoms. The first-order valence-electron chi connectivity index (χ1n) is 11.7. The first-order chi connectivity index (χ1) is 16.9. The molecule has 1 N–H and O–H groups in total. The molecule has 0 aliphatic carbocycles. The average Bonchev–Trinajstić information content (AvgIpc) is 2.86. The van der Waals surface area contributed by atoms with E-state index in [1.165, 1.54) is 10.1 Å². The molecule has 6 nitrogen and oxygen atoms in total. The minimum atomic E-state index is -0.409. The second kappa shape index (κ2) is 11.2. The van der Waals surface area contributed by atoms with Crippen LogP contribution in [0, 0.1) is 6.92 Å². The predicted molar refractivity (Wildman–Crippen MR) is 140 cm³/mol. The van der Waals surface area contributed by atoms with E-state index < -0.39 is 5.69 Å². The Bertz CT molecular complexity index is 1460. The van der Waals surface area contributed by atoms with Gasteiger partial charge in [-0.3, -0.25) is 18.7 Å². The largest absolute Gasteiger partial charge is 0.356 e. The van der Waals surface area contributed by atoms with Gasteiger partial charge in [-0.05, 0) is 49.1 Å². The van der Waals surface area contributed by atoms with Crippen molar-refractivity contribution in [2.45, 2.75) is 39.3 Å². The van der Waals surface area contributed by atoms with Gasteiger partial charge in [0.2, 0.25) is 5.91 Å². The molecule has 0 radical (unpaired) electrons. The number of carbonyl (C=O) groups excluding carboxylic acids is 1. The molecule has 35 heavy (non-hydrogen) atoms. The Morgan fingerprint density at radius 2 is 1.63 bits per heavy atom. The highest BCUT2D eigenvalue weighted by molar-refractivity contribution is 6.31. The van der Waals surface area contributed by atoms with Crippen molar-refractivity contribution in [2.75, 3.05) is 6.54 Å². The van der Waals surface area contributed by atoms with Gasteiger partial charge in [0.05, 0.1) is 17.4 Å². The molecule has 1 heterocycles. The van der Waals surface area contributed by atoms with E-state index in [0.717, 1.165) is 17.5 Å². The molecule has 0 fully saturated rings. The summed E-state index contributed by atoms with van der Waals surface area (Å²) in [4.78, 5) is 38.7. The molecular formula is C28H28ClN3O3. The number of para-hydroxylation sites is 1. The summed E-state index contributed by atoms with van der Waals surface area (Å²) in [6.07, 6.45) is 1.37. The van der Waals surface area contributed by atoms with Gasteiger partial charge in [-0.2, -0.15) is 0 Å². The lowest BCUT2D eigenvalue weighted by atomic mass is 10.1. The second-order valence-corrected chi connectivity index (χ2v) is 9.03. The van der Waals surface area contributed by atoms with Crippen molar-refractivity contribution >= 4 is 28.4 Å². The van der Waals surface area contributed by atoms with Crippen LogP contribution in [0.5, 0.6) is 0 Å². The Hall–Kier alpha value is -3.64. The van der Waals surface area contributed by atoms with Crippen LogP contribution in [-0.4, -0.2) is 21.6 Å². The molecule has 4 aromatic rings. The zero-order valence-electron chi connectivity index (χ0n) is 19.7. The molecule has 1 aromatic heterocycles. The minimum absolute atomic E-state index is 0.0951. The van der Waals surface area contributed by atoms with Gasteiger partial charge in [0.25, 0.3) is 5.56 Å². The summed E-state index contributed by atoms with van der Waals surface area (Å²) in [5, 5.41) is 3.94. The third kappa shape index (κ3) is 5.89. The SMILES string of the molecule is Cc1ccc(CCNC(=O)CCCn2c(=O)c3ccccc3n(Cc3ccccc3Cl)c2=O)cc1. The number of aryl methyl sites for hydroxylation is 1. The van der Waals surface area contributed by atoms with E-state index in [1.807, 2.05) is 25.1 Å². The van der Waals surface area contributed by atoms with Crippen LogP contribution in [0.2, 0.25) is 5.02 Å². The molecule has 180 valence electrons. The quantitative estimate of drug-likeness (QED) is 0.380. The lowest BCUT2D eigenvalue weighted by Gasteiger charge is -2.15. The molecule has 0 unspecified atom stereocenters. The molecule has 0 saturated heterocycles. The predicted octanol–water partition coefficient (Wildman–Crippen LogP) is 4.31. The number of aromatic nitrogens is 2. The summed E-state index contributed by atoms with van der Waals surface area (Å²) < 4.78 is 2.79. The van der Waals surface area contributed by atoms with Crippen molar-refractivity contribution in [3.8, 4) is 0 Å². The van der Waals surface area contributed by atoms with Gasteiger partial charge in [0, 0.05) is 24.5 Å². The Balaban J connectivity index is 1.45. The first-order valence-corrected chi connectivity index (χ1v) is 12.1. The molecule has 1 amide bonds. The number of hydrogen-bond donors (Lipinski definition) is 1. The highest BCUT2D eigenvalue weighted by Gasteiger charge is 2.14.